The zero-order valence-electron chi connectivity index (χ0n) is 27.2. The Morgan fingerprint density at radius 2 is 1.73 bits per heavy atom. The van der Waals surface area contributed by atoms with Gasteiger partial charge in [-0.3, -0.25) is 4.79 Å². The molecular weight excluding hydrogens is 580 g/mol. The molecule has 4 saturated heterocycles. The van der Waals surface area contributed by atoms with Crippen LogP contribution in [0.15, 0.2) is 11.6 Å². The van der Waals surface area contributed by atoms with E-state index >= 15 is 0 Å². The molecule has 0 amide bonds. The predicted octanol–water partition coefficient (Wildman–Crippen LogP) is 2.79. The van der Waals surface area contributed by atoms with Crippen LogP contribution in [0.25, 0.3) is 0 Å². The monoisotopic (exact) mass is 628 g/mol. The Labute approximate surface area is 264 Å². The summed E-state index contributed by atoms with van der Waals surface area (Å²) < 4.78 is 30.6. The van der Waals surface area contributed by atoms with Crippen LogP contribution < -0.4 is 0 Å². The average molecular weight is 629 g/mol. The number of Topliss-reactive ketones (excluding diaryl/α,β-unsaturated/α-hetero) is 1. The Morgan fingerprint density at radius 3 is 2.42 bits per heavy atom. The molecule has 0 aromatic heterocycles. The van der Waals surface area contributed by atoms with E-state index in [9.17, 15) is 24.9 Å². The van der Waals surface area contributed by atoms with Crippen molar-refractivity contribution < 1.29 is 48.6 Å². The normalized spacial score (nSPS) is 61.7. The lowest BCUT2D eigenvalue weighted by atomic mass is 9.45. The van der Waals surface area contributed by atoms with Crippen LogP contribution in [0.4, 0.5) is 0 Å². The largest absolute Gasteiger partial charge is 0.428 e. The van der Waals surface area contributed by atoms with Crippen LogP contribution in [0.5, 0.6) is 0 Å². The van der Waals surface area contributed by atoms with Gasteiger partial charge < -0.3 is 39.0 Å². The summed E-state index contributed by atoms with van der Waals surface area (Å²) in [5.74, 6) is -0.394. The maximum atomic E-state index is 14.4. The summed E-state index contributed by atoms with van der Waals surface area (Å²) in [6.45, 7) is 13.2. The maximum absolute atomic E-state index is 14.4. The molecule has 5 aliphatic carbocycles. The van der Waals surface area contributed by atoms with Gasteiger partial charge in [0.1, 0.15) is 24.1 Å². The lowest BCUT2D eigenvalue weighted by molar-refractivity contribution is -0.298. The van der Waals surface area contributed by atoms with Gasteiger partial charge in [-0.25, -0.2) is 4.79 Å². The molecule has 3 N–H and O–H groups in total. The predicted molar refractivity (Wildman–Crippen MR) is 156 cm³/mol. The molecule has 8 fully saturated rings. The Hall–Kier alpha value is -1.40. The molecule has 9 aliphatic rings. The smallest absolute Gasteiger partial charge is 0.343 e. The van der Waals surface area contributed by atoms with Crippen LogP contribution in [0.3, 0.4) is 0 Å². The van der Waals surface area contributed by atoms with Gasteiger partial charge in [-0.1, -0.05) is 46.3 Å². The van der Waals surface area contributed by atoms with Crippen molar-refractivity contribution in [3.8, 4) is 0 Å². The molecule has 0 bridgehead atoms. The van der Waals surface area contributed by atoms with Gasteiger partial charge in [-0.15, -0.1) is 0 Å². The molecular formula is C35H48O10. The fourth-order valence-corrected chi connectivity index (χ4v) is 13.0. The van der Waals surface area contributed by atoms with Gasteiger partial charge in [0, 0.05) is 23.7 Å². The Morgan fingerprint density at radius 1 is 0.978 bits per heavy atom. The SMILES string of the molecule is C[C@@H]1C[C@]2(OC(=O)[C@@]3(C)O[C@@H]23)O[C@H]2C[C@@]3(C)C4=CCC5C(C)(C)[C@@H](O[C@@H]6OC[C@@H](O)[C@H](O)[C@H]6O)CC(=O)[C@@]56C[C@@]46CC[C@]3(C)[C@@H]12. The molecule has 16 atom stereocenters. The first-order valence-corrected chi connectivity index (χ1v) is 17.2. The van der Waals surface area contributed by atoms with E-state index in [1.807, 2.05) is 6.92 Å². The molecule has 1 unspecified atom stereocenters. The molecule has 9 rings (SSSR count). The molecule has 45 heavy (non-hydrogen) atoms. The van der Waals surface area contributed by atoms with Crippen LogP contribution >= 0.6 is 0 Å². The zero-order valence-corrected chi connectivity index (χ0v) is 27.2. The number of hydrogen-bond donors (Lipinski definition) is 3. The minimum Gasteiger partial charge on any atom is -0.428 e. The zero-order chi connectivity index (χ0) is 31.9. The molecule has 0 aromatic rings. The summed E-state index contributed by atoms with van der Waals surface area (Å²) in [7, 11) is 0. The van der Waals surface area contributed by atoms with Crippen LogP contribution in [0.2, 0.25) is 0 Å². The number of epoxide rings is 1. The Bertz CT molecular complexity index is 1430. The number of carbonyl (C=O) groups is 2. The van der Waals surface area contributed by atoms with Crippen molar-refractivity contribution in [3.63, 3.8) is 0 Å². The van der Waals surface area contributed by atoms with Crippen molar-refractivity contribution in [2.24, 2.45) is 44.8 Å². The number of hydrogen-bond acceptors (Lipinski definition) is 10. The van der Waals surface area contributed by atoms with Gasteiger partial charge in [0.05, 0.1) is 18.8 Å². The van der Waals surface area contributed by atoms with Crippen molar-refractivity contribution in [2.75, 3.05) is 6.61 Å². The number of allylic oxidation sites excluding steroid dienone is 2. The molecule has 4 heterocycles. The third kappa shape index (κ3) is 3.18. The Balaban J connectivity index is 1.03. The van der Waals surface area contributed by atoms with Gasteiger partial charge in [0.25, 0.3) is 0 Å². The van der Waals surface area contributed by atoms with Gasteiger partial charge in [0.2, 0.25) is 5.79 Å². The van der Waals surface area contributed by atoms with E-state index in [1.54, 1.807) is 0 Å². The van der Waals surface area contributed by atoms with E-state index < -0.39 is 47.5 Å². The molecule has 4 saturated carbocycles. The van der Waals surface area contributed by atoms with Gasteiger partial charge in [-0.2, -0.15) is 0 Å². The standard InChI is InChI=1S/C35H48O10/c1-16-12-35(27-32(6,44-27)28(40)45-35)43-18-13-31(5)20-8-7-19-29(2,3)22(42-26-25(39)24(38)17(36)14-41-26)11-21(37)34(19)15-33(20,34)10-9-30(31,4)23(16)18/h8,16-19,22-27,36,38-39H,7,9-15H2,1-6H3/t16-,17-,18+,19?,22+,23+,24+,25-,26+,27-,30-,31+,32+,33+,34-,35-/m1/s1. The van der Waals surface area contributed by atoms with Crippen molar-refractivity contribution in [1.82, 2.24) is 0 Å². The fraction of sp³-hybridized carbons (Fsp3) is 0.886. The van der Waals surface area contributed by atoms with Gasteiger partial charge in [-0.05, 0) is 73.0 Å². The van der Waals surface area contributed by atoms with Crippen LogP contribution in [-0.2, 0) is 33.3 Å². The first-order chi connectivity index (χ1) is 21.0. The summed E-state index contributed by atoms with van der Waals surface area (Å²) in [5.41, 5.74) is -0.587. The number of aliphatic hydroxyl groups excluding tert-OH is 3. The lowest BCUT2D eigenvalue weighted by Crippen LogP contribution is -2.60. The number of carbonyl (C=O) groups excluding carboxylic acids is 2. The van der Waals surface area contributed by atoms with Crippen LogP contribution in [0, 0.1) is 44.8 Å². The fourth-order valence-electron chi connectivity index (χ4n) is 13.0. The average Bonchev–Trinajstić information content (AvgIpc) is 3.82. The maximum Gasteiger partial charge on any atom is 0.343 e. The summed E-state index contributed by atoms with van der Waals surface area (Å²) in [6.07, 6.45) is 1.90. The van der Waals surface area contributed by atoms with E-state index in [1.165, 1.54) is 5.57 Å². The number of aliphatic hydroxyl groups is 3. The number of ether oxygens (including phenoxy) is 5. The first-order valence-electron chi connectivity index (χ1n) is 17.2. The van der Waals surface area contributed by atoms with E-state index in [0.717, 1.165) is 32.1 Å². The summed E-state index contributed by atoms with van der Waals surface area (Å²) in [5, 5.41) is 30.7. The topological polar surface area (TPSA) is 144 Å². The van der Waals surface area contributed by atoms with Crippen LogP contribution in [0.1, 0.15) is 86.5 Å². The molecule has 3 spiro atoms. The minimum atomic E-state index is -1.39. The lowest BCUT2D eigenvalue weighted by Gasteiger charge is -2.59. The highest BCUT2D eigenvalue weighted by atomic mass is 16.8. The second-order valence-corrected chi connectivity index (χ2v) is 17.6. The Kier molecular flexibility index (Phi) is 5.56. The van der Waals surface area contributed by atoms with E-state index in [-0.39, 0.29) is 64.6 Å². The van der Waals surface area contributed by atoms with Crippen LogP contribution in [-0.4, -0.2) is 88.0 Å². The molecule has 4 aliphatic heterocycles. The second kappa shape index (κ2) is 8.41. The molecule has 10 heteroatoms. The molecule has 0 radical (unpaired) electrons. The van der Waals surface area contributed by atoms with E-state index in [4.69, 9.17) is 23.7 Å². The summed E-state index contributed by atoms with van der Waals surface area (Å²) >= 11 is 0. The third-order valence-corrected chi connectivity index (χ3v) is 15.4. The number of ketones is 1. The van der Waals surface area contributed by atoms with Crippen molar-refractivity contribution in [2.45, 2.75) is 141 Å². The highest BCUT2D eigenvalue weighted by Crippen LogP contribution is 2.87. The van der Waals surface area contributed by atoms with E-state index in [0.29, 0.717) is 18.3 Å². The molecule has 0 aromatic carbocycles. The highest BCUT2D eigenvalue weighted by molar-refractivity contribution is 5.93. The number of rotatable bonds is 2. The molecule has 248 valence electrons. The van der Waals surface area contributed by atoms with Crippen molar-refractivity contribution >= 4 is 11.8 Å². The van der Waals surface area contributed by atoms with Crippen molar-refractivity contribution in [3.05, 3.63) is 11.6 Å². The van der Waals surface area contributed by atoms with Gasteiger partial charge in [0.15, 0.2) is 18.0 Å². The summed E-state index contributed by atoms with van der Waals surface area (Å²) in [6, 6.07) is 0. The third-order valence-electron chi connectivity index (χ3n) is 15.4. The number of fused-ring (bicyclic) bond motifs is 6. The quantitative estimate of drug-likeness (QED) is 0.237. The first kappa shape index (κ1) is 29.7. The van der Waals surface area contributed by atoms with E-state index in [2.05, 4.69) is 40.7 Å². The number of esters is 1. The second-order valence-electron chi connectivity index (χ2n) is 17.6. The minimum absolute atomic E-state index is 0.0124. The van der Waals surface area contributed by atoms with Crippen molar-refractivity contribution in [1.29, 1.82) is 0 Å². The molecule has 10 nitrogen and oxygen atoms in total. The highest BCUT2D eigenvalue weighted by Gasteiger charge is 2.86. The summed E-state index contributed by atoms with van der Waals surface area (Å²) in [4.78, 5) is 27.1. The van der Waals surface area contributed by atoms with Gasteiger partial charge >= 0.3 is 5.97 Å².